The maximum absolute atomic E-state index is 12.0. The van der Waals surface area contributed by atoms with Gasteiger partial charge in [-0.15, -0.1) is 0 Å². The highest BCUT2D eigenvalue weighted by atomic mass is 16.5. The van der Waals surface area contributed by atoms with E-state index in [0.717, 1.165) is 31.5 Å². The zero-order valence-electron chi connectivity index (χ0n) is 11.6. The lowest BCUT2D eigenvalue weighted by Crippen LogP contribution is -2.38. The van der Waals surface area contributed by atoms with Crippen molar-refractivity contribution in [3.63, 3.8) is 0 Å². The first-order chi connectivity index (χ1) is 9.20. The van der Waals surface area contributed by atoms with Crippen LogP contribution in [0.1, 0.15) is 24.8 Å². The first-order valence-corrected chi connectivity index (χ1v) is 6.76. The number of piperidine rings is 1. The van der Waals surface area contributed by atoms with Crippen molar-refractivity contribution in [1.82, 2.24) is 4.90 Å². The van der Waals surface area contributed by atoms with Crippen molar-refractivity contribution < 1.29 is 14.3 Å². The Morgan fingerprint density at radius 3 is 2.63 bits per heavy atom. The Labute approximate surface area is 114 Å². The summed E-state index contributed by atoms with van der Waals surface area (Å²) in [4.78, 5) is 13.9. The number of amides is 1. The minimum Gasteiger partial charge on any atom is -0.493 e. The van der Waals surface area contributed by atoms with Gasteiger partial charge in [0.25, 0.3) is 5.91 Å². The van der Waals surface area contributed by atoms with Gasteiger partial charge in [0.05, 0.1) is 7.11 Å². The van der Waals surface area contributed by atoms with Gasteiger partial charge < -0.3 is 14.4 Å². The number of hydrogen-bond donors (Lipinski definition) is 0. The smallest absolute Gasteiger partial charge is 0.260 e. The standard InChI is InChI=1S/C15H21NO3/c1-12-6-7-13(14(10-12)18-2)19-11-15(17)16-8-4-3-5-9-16/h6-7,10H,3-5,8-9,11H2,1-2H3. The molecule has 4 heteroatoms. The van der Waals surface area contributed by atoms with Crippen molar-refractivity contribution in [3.05, 3.63) is 23.8 Å². The van der Waals surface area contributed by atoms with Gasteiger partial charge in [0.1, 0.15) is 0 Å². The van der Waals surface area contributed by atoms with E-state index in [-0.39, 0.29) is 12.5 Å². The van der Waals surface area contributed by atoms with E-state index in [1.54, 1.807) is 7.11 Å². The molecule has 19 heavy (non-hydrogen) atoms. The molecule has 1 aliphatic rings. The zero-order valence-corrected chi connectivity index (χ0v) is 11.6. The summed E-state index contributed by atoms with van der Waals surface area (Å²) in [7, 11) is 1.61. The second kappa shape index (κ2) is 6.45. The Morgan fingerprint density at radius 2 is 1.95 bits per heavy atom. The molecule has 1 saturated heterocycles. The van der Waals surface area contributed by atoms with E-state index < -0.39 is 0 Å². The maximum atomic E-state index is 12.0. The predicted molar refractivity (Wildman–Crippen MR) is 73.7 cm³/mol. The molecule has 1 amide bonds. The van der Waals surface area contributed by atoms with Crippen LogP contribution >= 0.6 is 0 Å². The van der Waals surface area contributed by atoms with E-state index in [4.69, 9.17) is 9.47 Å². The van der Waals surface area contributed by atoms with Crippen molar-refractivity contribution in [2.24, 2.45) is 0 Å². The summed E-state index contributed by atoms with van der Waals surface area (Å²) < 4.78 is 10.8. The highest BCUT2D eigenvalue weighted by Crippen LogP contribution is 2.27. The van der Waals surface area contributed by atoms with Gasteiger partial charge in [0.2, 0.25) is 0 Å². The molecule has 0 N–H and O–H groups in total. The topological polar surface area (TPSA) is 38.8 Å². The predicted octanol–water partition coefficient (Wildman–Crippen LogP) is 2.39. The zero-order chi connectivity index (χ0) is 13.7. The van der Waals surface area contributed by atoms with E-state index in [2.05, 4.69) is 0 Å². The molecule has 0 saturated carbocycles. The number of nitrogens with zero attached hydrogens (tertiary/aromatic N) is 1. The third-order valence-corrected chi connectivity index (χ3v) is 3.38. The van der Waals surface area contributed by atoms with Gasteiger partial charge in [-0.1, -0.05) is 6.07 Å². The van der Waals surface area contributed by atoms with Gasteiger partial charge in [0, 0.05) is 13.1 Å². The van der Waals surface area contributed by atoms with E-state index in [1.165, 1.54) is 6.42 Å². The Morgan fingerprint density at radius 1 is 1.21 bits per heavy atom. The summed E-state index contributed by atoms with van der Waals surface area (Å²) in [6.07, 6.45) is 3.41. The molecular formula is C15H21NO3. The van der Waals surface area contributed by atoms with Crippen LogP contribution < -0.4 is 9.47 Å². The summed E-state index contributed by atoms with van der Waals surface area (Å²) in [5.74, 6) is 1.35. The van der Waals surface area contributed by atoms with E-state index >= 15 is 0 Å². The van der Waals surface area contributed by atoms with E-state index in [0.29, 0.717) is 11.5 Å². The molecule has 0 radical (unpaired) electrons. The van der Waals surface area contributed by atoms with Crippen LogP contribution in [-0.2, 0) is 4.79 Å². The normalized spacial score (nSPS) is 15.2. The lowest BCUT2D eigenvalue weighted by Gasteiger charge is -2.26. The van der Waals surface area contributed by atoms with Gasteiger partial charge in [-0.05, 0) is 43.9 Å². The molecule has 104 valence electrons. The monoisotopic (exact) mass is 263 g/mol. The summed E-state index contributed by atoms with van der Waals surface area (Å²) >= 11 is 0. The number of carbonyl (C=O) groups is 1. The highest BCUT2D eigenvalue weighted by molar-refractivity contribution is 5.78. The molecule has 0 aromatic heterocycles. The van der Waals surface area contributed by atoms with E-state index in [9.17, 15) is 4.79 Å². The number of benzene rings is 1. The van der Waals surface area contributed by atoms with Crippen LogP contribution in [0.3, 0.4) is 0 Å². The number of rotatable bonds is 4. The number of ether oxygens (including phenoxy) is 2. The number of likely N-dealkylation sites (tertiary alicyclic amines) is 1. The molecule has 0 unspecified atom stereocenters. The highest BCUT2D eigenvalue weighted by Gasteiger charge is 2.17. The summed E-state index contributed by atoms with van der Waals surface area (Å²) in [5.41, 5.74) is 1.10. The van der Waals surface area contributed by atoms with Crippen molar-refractivity contribution in [2.75, 3.05) is 26.8 Å². The quantitative estimate of drug-likeness (QED) is 0.837. The summed E-state index contributed by atoms with van der Waals surface area (Å²) in [6.45, 7) is 3.78. The summed E-state index contributed by atoms with van der Waals surface area (Å²) in [6, 6.07) is 5.70. The molecule has 1 aromatic rings. The van der Waals surface area contributed by atoms with Crippen molar-refractivity contribution in [3.8, 4) is 11.5 Å². The fourth-order valence-corrected chi connectivity index (χ4v) is 2.27. The number of methoxy groups -OCH3 is 1. The molecule has 0 atom stereocenters. The Kier molecular flexibility index (Phi) is 4.66. The molecule has 0 spiro atoms. The van der Waals surface area contributed by atoms with Crippen molar-refractivity contribution in [2.45, 2.75) is 26.2 Å². The van der Waals surface area contributed by atoms with Gasteiger partial charge in [-0.2, -0.15) is 0 Å². The number of hydrogen-bond acceptors (Lipinski definition) is 3. The van der Waals surface area contributed by atoms with Crippen molar-refractivity contribution in [1.29, 1.82) is 0 Å². The molecular weight excluding hydrogens is 242 g/mol. The minimum absolute atomic E-state index is 0.0577. The average molecular weight is 263 g/mol. The third kappa shape index (κ3) is 3.63. The van der Waals surface area contributed by atoms with Crippen molar-refractivity contribution >= 4 is 5.91 Å². The van der Waals surface area contributed by atoms with Gasteiger partial charge in [0.15, 0.2) is 18.1 Å². The van der Waals surface area contributed by atoms with Crippen LogP contribution in [0.5, 0.6) is 11.5 Å². The Balaban J connectivity index is 1.92. The molecule has 1 fully saturated rings. The first-order valence-electron chi connectivity index (χ1n) is 6.76. The first kappa shape index (κ1) is 13.7. The molecule has 2 rings (SSSR count). The third-order valence-electron chi connectivity index (χ3n) is 3.38. The molecule has 0 bridgehead atoms. The fourth-order valence-electron chi connectivity index (χ4n) is 2.27. The largest absolute Gasteiger partial charge is 0.493 e. The summed E-state index contributed by atoms with van der Waals surface area (Å²) in [5, 5.41) is 0. The second-order valence-corrected chi connectivity index (χ2v) is 4.88. The number of aryl methyl sites for hydroxylation is 1. The SMILES string of the molecule is COc1cc(C)ccc1OCC(=O)N1CCCCC1. The maximum Gasteiger partial charge on any atom is 0.260 e. The van der Waals surface area contributed by atoms with Gasteiger partial charge >= 0.3 is 0 Å². The van der Waals surface area contributed by atoms with Crippen LogP contribution in [-0.4, -0.2) is 37.6 Å². The van der Waals surface area contributed by atoms with Crippen LogP contribution in [0.25, 0.3) is 0 Å². The van der Waals surface area contributed by atoms with Crippen LogP contribution in [0.15, 0.2) is 18.2 Å². The molecule has 4 nitrogen and oxygen atoms in total. The average Bonchev–Trinajstić information content (AvgIpc) is 2.46. The van der Waals surface area contributed by atoms with Gasteiger partial charge in [-0.3, -0.25) is 4.79 Å². The van der Waals surface area contributed by atoms with Crippen LogP contribution in [0, 0.1) is 6.92 Å². The molecule has 1 aromatic carbocycles. The van der Waals surface area contributed by atoms with E-state index in [1.807, 2.05) is 30.0 Å². The van der Waals surface area contributed by atoms with Crippen LogP contribution in [0.2, 0.25) is 0 Å². The van der Waals surface area contributed by atoms with Gasteiger partial charge in [-0.25, -0.2) is 0 Å². The number of carbonyl (C=O) groups excluding carboxylic acids is 1. The molecule has 1 heterocycles. The Bertz CT molecular complexity index is 439. The Hall–Kier alpha value is -1.71. The lowest BCUT2D eigenvalue weighted by molar-refractivity contribution is -0.134. The fraction of sp³-hybridized carbons (Fsp3) is 0.533. The minimum atomic E-state index is 0.0577. The lowest BCUT2D eigenvalue weighted by atomic mass is 10.1. The molecule has 1 aliphatic heterocycles. The second-order valence-electron chi connectivity index (χ2n) is 4.88. The molecule has 0 aliphatic carbocycles. The van der Waals surface area contributed by atoms with Crippen LogP contribution in [0.4, 0.5) is 0 Å².